The van der Waals surface area contributed by atoms with Gasteiger partial charge in [-0.2, -0.15) is 0 Å². The number of benzene rings is 1. The van der Waals surface area contributed by atoms with Crippen LogP contribution in [0.3, 0.4) is 0 Å². The topological polar surface area (TPSA) is 9.23 Å². The zero-order valence-corrected chi connectivity index (χ0v) is 7.52. The van der Waals surface area contributed by atoms with E-state index in [1.165, 1.54) is 5.56 Å². The van der Waals surface area contributed by atoms with E-state index in [0.717, 1.165) is 15.8 Å². The van der Waals surface area contributed by atoms with Gasteiger partial charge < -0.3 is 4.74 Å². The fourth-order valence-corrected chi connectivity index (χ4v) is 1.60. The molecule has 0 fully saturated rings. The predicted octanol–water partition coefficient (Wildman–Crippen LogP) is 2.95. The molecule has 0 atom stereocenters. The van der Waals surface area contributed by atoms with Gasteiger partial charge in [0.2, 0.25) is 0 Å². The van der Waals surface area contributed by atoms with Crippen LogP contribution in [0.15, 0.2) is 29.3 Å². The molecule has 11 heavy (non-hydrogen) atoms. The van der Waals surface area contributed by atoms with Crippen LogP contribution in [0.25, 0.3) is 5.76 Å². The smallest absolute Gasteiger partial charge is 0.120 e. The van der Waals surface area contributed by atoms with Crippen molar-refractivity contribution in [1.82, 2.24) is 0 Å². The zero-order chi connectivity index (χ0) is 7.84. The van der Waals surface area contributed by atoms with Crippen molar-refractivity contribution in [1.29, 1.82) is 0 Å². The highest BCUT2D eigenvalue weighted by atomic mass is 79.9. The molecule has 0 spiro atoms. The van der Waals surface area contributed by atoms with Gasteiger partial charge in [0, 0.05) is 15.6 Å². The maximum absolute atomic E-state index is 5.26. The van der Waals surface area contributed by atoms with Gasteiger partial charge in [0.1, 0.15) is 12.4 Å². The van der Waals surface area contributed by atoms with E-state index in [9.17, 15) is 0 Å². The summed E-state index contributed by atoms with van der Waals surface area (Å²) in [5.41, 5.74) is 2.34. The second-order valence-corrected chi connectivity index (χ2v) is 3.43. The van der Waals surface area contributed by atoms with Crippen LogP contribution in [-0.2, 0) is 11.3 Å². The molecule has 0 bridgehead atoms. The van der Waals surface area contributed by atoms with Gasteiger partial charge >= 0.3 is 0 Å². The molecule has 0 aromatic heterocycles. The maximum atomic E-state index is 5.26. The standard InChI is InChI=1S/C9H7BrO/c1-6-9-3-2-8(10)4-7(9)5-11-6/h2-4H,1,5H2. The lowest BCUT2D eigenvalue weighted by atomic mass is 10.1. The van der Waals surface area contributed by atoms with Gasteiger partial charge in [0.05, 0.1) is 0 Å². The zero-order valence-electron chi connectivity index (χ0n) is 5.93. The number of hydrogen-bond acceptors (Lipinski definition) is 1. The summed E-state index contributed by atoms with van der Waals surface area (Å²) in [5.74, 6) is 0.785. The number of halogens is 1. The van der Waals surface area contributed by atoms with Crippen molar-refractivity contribution in [3.63, 3.8) is 0 Å². The van der Waals surface area contributed by atoms with Crippen molar-refractivity contribution >= 4 is 21.7 Å². The average Bonchev–Trinajstić information content (AvgIpc) is 2.32. The highest BCUT2D eigenvalue weighted by molar-refractivity contribution is 9.10. The molecule has 1 aromatic rings. The summed E-state index contributed by atoms with van der Waals surface area (Å²) in [6.45, 7) is 4.45. The fourth-order valence-electron chi connectivity index (χ4n) is 1.20. The minimum atomic E-state index is 0.660. The molecule has 2 heteroatoms. The van der Waals surface area contributed by atoms with E-state index in [2.05, 4.69) is 28.6 Å². The van der Waals surface area contributed by atoms with Crippen molar-refractivity contribution in [2.24, 2.45) is 0 Å². The fraction of sp³-hybridized carbons (Fsp3) is 0.111. The Kier molecular flexibility index (Phi) is 1.50. The monoisotopic (exact) mass is 210 g/mol. The summed E-state index contributed by atoms with van der Waals surface area (Å²) in [5, 5.41) is 0. The molecule has 0 radical (unpaired) electrons. The van der Waals surface area contributed by atoms with Crippen LogP contribution in [-0.4, -0.2) is 0 Å². The molecule has 56 valence electrons. The normalized spacial score (nSPS) is 14.5. The third-order valence-corrected chi connectivity index (χ3v) is 2.26. The van der Waals surface area contributed by atoms with Crippen LogP contribution in [0, 0.1) is 0 Å². The first kappa shape index (κ1) is 6.92. The maximum Gasteiger partial charge on any atom is 0.120 e. The molecule has 1 aromatic carbocycles. The van der Waals surface area contributed by atoms with Crippen LogP contribution in [0.5, 0.6) is 0 Å². The van der Waals surface area contributed by atoms with E-state index >= 15 is 0 Å². The summed E-state index contributed by atoms with van der Waals surface area (Å²) < 4.78 is 6.36. The van der Waals surface area contributed by atoms with E-state index in [1.54, 1.807) is 0 Å². The van der Waals surface area contributed by atoms with E-state index in [1.807, 2.05) is 12.1 Å². The molecule has 1 aliphatic rings. The third-order valence-electron chi connectivity index (χ3n) is 1.77. The van der Waals surface area contributed by atoms with E-state index in [-0.39, 0.29) is 0 Å². The van der Waals surface area contributed by atoms with Crippen LogP contribution >= 0.6 is 15.9 Å². The van der Waals surface area contributed by atoms with Crippen LogP contribution in [0.2, 0.25) is 0 Å². The van der Waals surface area contributed by atoms with Crippen molar-refractivity contribution in [2.45, 2.75) is 6.61 Å². The average molecular weight is 211 g/mol. The second kappa shape index (κ2) is 2.38. The minimum absolute atomic E-state index is 0.660. The van der Waals surface area contributed by atoms with Gasteiger partial charge in [0.25, 0.3) is 0 Å². The highest BCUT2D eigenvalue weighted by Gasteiger charge is 2.14. The largest absolute Gasteiger partial charge is 0.489 e. The van der Waals surface area contributed by atoms with Crippen molar-refractivity contribution in [3.8, 4) is 0 Å². The first-order chi connectivity index (χ1) is 5.27. The molecule has 1 aliphatic heterocycles. The Labute approximate surface area is 73.8 Å². The predicted molar refractivity (Wildman–Crippen MR) is 48.0 cm³/mol. The lowest BCUT2D eigenvalue weighted by molar-refractivity contribution is 0.286. The third kappa shape index (κ3) is 1.07. The van der Waals surface area contributed by atoms with Gasteiger partial charge in [-0.3, -0.25) is 0 Å². The lowest BCUT2D eigenvalue weighted by Crippen LogP contribution is -1.79. The molecule has 2 rings (SSSR count). The van der Waals surface area contributed by atoms with Gasteiger partial charge in [-0.05, 0) is 18.2 Å². The van der Waals surface area contributed by atoms with E-state index in [0.29, 0.717) is 6.61 Å². The molecular weight excluding hydrogens is 204 g/mol. The van der Waals surface area contributed by atoms with Crippen molar-refractivity contribution in [2.75, 3.05) is 0 Å². The summed E-state index contributed by atoms with van der Waals surface area (Å²) in [4.78, 5) is 0. The Morgan fingerprint density at radius 3 is 3.09 bits per heavy atom. The van der Waals surface area contributed by atoms with Gasteiger partial charge in [-0.1, -0.05) is 22.5 Å². The number of hydrogen-bond donors (Lipinski definition) is 0. The Morgan fingerprint density at radius 2 is 2.27 bits per heavy atom. The van der Waals surface area contributed by atoms with Crippen LogP contribution in [0.1, 0.15) is 11.1 Å². The van der Waals surface area contributed by atoms with Crippen molar-refractivity contribution < 1.29 is 4.74 Å². The van der Waals surface area contributed by atoms with Gasteiger partial charge in [-0.15, -0.1) is 0 Å². The molecule has 1 heterocycles. The van der Waals surface area contributed by atoms with Crippen LogP contribution in [0.4, 0.5) is 0 Å². The van der Waals surface area contributed by atoms with Gasteiger partial charge in [0.15, 0.2) is 0 Å². The second-order valence-electron chi connectivity index (χ2n) is 2.51. The SMILES string of the molecule is C=C1OCc2cc(Br)ccc21. The van der Waals surface area contributed by atoms with Crippen LogP contribution < -0.4 is 0 Å². The number of ether oxygens (including phenoxy) is 1. The molecular formula is C9H7BrO. The minimum Gasteiger partial charge on any atom is -0.489 e. The Balaban J connectivity index is 2.59. The summed E-state index contributed by atoms with van der Waals surface area (Å²) in [6.07, 6.45) is 0. The Morgan fingerprint density at radius 1 is 1.45 bits per heavy atom. The first-order valence-electron chi connectivity index (χ1n) is 3.38. The lowest BCUT2D eigenvalue weighted by Gasteiger charge is -1.95. The molecule has 1 nitrogen and oxygen atoms in total. The van der Waals surface area contributed by atoms with Crippen molar-refractivity contribution in [3.05, 3.63) is 40.4 Å². The first-order valence-corrected chi connectivity index (χ1v) is 4.17. The summed E-state index contributed by atoms with van der Waals surface area (Å²) >= 11 is 3.40. The number of fused-ring (bicyclic) bond motifs is 1. The summed E-state index contributed by atoms with van der Waals surface area (Å²) in [6, 6.07) is 6.08. The quantitative estimate of drug-likeness (QED) is 0.640. The Bertz CT molecular complexity index is 317. The molecule has 0 saturated heterocycles. The molecule has 0 saturated carbocycles. The Hall–Kier alpha value is -0.760. The summed E-state index contributed by atoms with van der Waals surface area (Å²) in [7, 11) is 0. The van der Waals surface area contributed by atoms with Gasteiger partial charge in [-0.25, -0.2) is 0 Å². The molecule has 0 aliphatic carbocycles. The molecule has 0 unspecified atom stereocenters. The molecule has 0 amide bonds. The highest BCUT2D eigenvalue weighted by Crippen LogP contribution is 2.29. The number of rotatable bonds is 0. The van der Waals surface area contributed by atoms with E-state index < -0.39 is 0 Å². The molecule has 0 N–H and O–H groups in total. The van der Waals surface area contributed by atoms with E-state index in [4.69, 9.17) is 4.74 Å².